The Morgan fingerprint density at radius 2 is 1.80 bits per heavy atom. The number of piperidine rings is 1. The summed E-state index contributed by atoms with van der Waals surface area (Å²) in [7, 11) is 1.31. The first-order chi connectivity index (χ1) is 9.58. The Morgan fingerprint density at radius 1 is 1.30 bits per heavy atom. The van der Waals surface area contributed by atoms with Gasteiger partial charge in [-0.2, -0.15) is 0 Å². The summed E-state index contributed by atoms with van der Waals surface area (Å²) in [4.78, 5) is 18.9. The predicted molar refractivity (Wildman–Crippen MR) is 84.6 cm³/mol. The van der Waals surface area contributed by atoms with Crippen molar-refractivity contribution in [1.29, 1.82) is 0 Å². The minimum absolute atomic E-state index is 0.375. The molecule has 0 bridgehead atoms. The molecule has 0 aliphatic carbocycles. The molecule has 1 unspecified atom stereocenters. The van der Waals surface area contributed by atoms with Gasteiger partial charge in [-0.3, -0.25) is 9.59 Å². The maximum absolute atomic E-state index is 9.92. The van der Waals surface area contributed by atoms with Crippen LogP contribution in [0.4, 0.5) is 0 Å². The monoisotopic (exact) mass is 290 g/mol. The molecule has 1 atom stereocenters. The normalized spacial score (nSPS) is 16.1. The van der Waals surface area contributed by atoms with Gasteiger partial charge in [0.1, 0.15) is 0 Å². The minimum atomic E-state index is 0.375. The van der Waals surface area contributed by atoms with Crippen molar-refractivity contribution in [1.82, 2.24) is 10.6 Å². The Balaban J connectivity index is -0.000000243. The van der Waals surface area contributed by atoms with Crippen LogP contribution in [0.25, 0.3) is 0 Å². The van der Waals surface area contributed by atoms with Crippen molar-refractivity contribution in [2.24, 2.45) is 11.8 Å². The first-order valence-electron chi connectivity index (χ1n) is 7.42. The van der Waals surface area contributed by atoms with Crippen molar-refractivity contribution in [2.75, 3.05) is 26.7 Å². The van der Waals surface area contributed by atoms with Crippen LogP contribution >= 0.6 is 0 Å². The maximum atomic E-state index is 9.92. The van der Waals surface area contributed by atoms with Gasteiger partial charge in [-0.05, 0) is 37.8 Å². The van der Waals surface area contributed by atoms with Crippen LogP contribution in [0.5, 0.6) is 0 Å². The fraction of sp³-hybridized carbons (Fsp3) is 0.867. The van der Waals surface area contributed by atoms with E-state index in [-0.39, 0.29) is 0 Å². The van der Waals surface area contributed by atoms with Crippen molar-refractivity contribution in [3.63, 3.8) is 0 Å². The van der Waals surface area contributed by atoms with Gasteiger partial charge in [0, 0.05) is 6.54 Å². The minimum Gasteiger partial charge on any atom is -0.471 e. The number of ether oxygens (including phenoxy) is 1. The molecule has 1 amide bonds. The van der Waals surface area contributed by atoms with Crippen LogP contribution in [0, 0.1) is 11.8 Å². The number of hydrogen-bond donors (Lipinski definition) is 2. The van der Waals surface area contributed by atoms with Crippen molar-refractivity contribution in [3.8, 4) is 0 Å². The van der Waals surface area contributed by atoms with E-state index in [9.17, 15) is 4.79 Å². The average Bonchev–Trinajstić information content (AvgIpc) is 2.48. The van der Waals surface area contributed by atoms with Gasteiger partial charge < -0.3 is 15.4 Å². The second kappa shape index (κ2) is 23.0. The molecule has 0 radical (unpaired) electrons. The van der Waals surface area contributed by atoms with Gasteiger partial charge in [-0.15, -0.1) is 0 Å². The van der Waals surface area contributed by atoms with Crippen molar-refractivity contribution >= 4 is 12.9 Å². The fourth-order valence-electron chi connectivity index (χ4n) is 1.31. The van der Waals surface area contributed by atoms with Gasteiger partial charge in [-0.25, -0.2) is 0 Å². The van der Waals surface area contributed by atoms with E-state index < -0.39 is 0 Å². The Labute approximate surface area is 124 Å². The number of methoxy groups -OCH3 is 1. The van der Waals surface area contributed by atoms with E-state index >= 15 is 0 Å². The second-order valence-electron chi connectivity index (χ2n) is 4.80. The van der Waals surface area contributed by atoms with E-state index in [4.69, 9.17) is 4.79 Å². The molecule has 5 nitrogen and oxygen atoms in total. The quantitative estimate of drug-likeness (QED) is 0.779. The van der Waals surface area contributed by atoms with Crippen LogP contribution in [-0.4, -0.2) is 39.6 Å². The summed E-state index contributed by atoms with van der Waals surface area (Å²) in [6.07, 6.45) is 3.26. The van der Waals surface area contributed by atoms with Gasteiger partial charge in [0.25, 0.3) is 6.47 Å². The molecule has 0 spiro atoms. The number of carbonyl (C=O) groups is 2. The highest BCUT2D eigenvalue weighted by Gasteiger charge is 2.11. The molecule has 0 aromatic rings. The van der Waals surface area contributed by atoms with Crippen LogP contribution in [0.2, 0.25) is 0 Å². The van der Waals surface area contributed by atoms with E-state index in [1.165, 1.54) is 20.0 Å². The van der Waals surface area contributed by atoms with E-state index in [1.807, 2.05) is 13.8 Å². The number of hydrogen-bond acceptors (Lipinski definition) is 4. The van der Waals surface area contributed by atoms with Gasteiger partial charge in [0.15, 0.2) is 0 Å². The van der Waals surface area contributed by atoms with Crippen LogP contribution in [0.1, 0.15) is 47.5 Å². The lowest BCUT2D eigenvalue weighted by molar-refractivity contribution is -0.126. The van der Waals surface area contributed by atoms with E-state index in [2.05, 4.69) is 36.1 Å². The molecule has 1 saturated heterocycles. The first-order valence-corrected chi connectivity index (χ1v) is 7.42. The fourth-order valence-corrected chi connectivity index (χ4v) is 1.31. The summed E-state index contributed by atoms with van der Waals surface area (Å²) in [5.74, 6) is 1.49. The lowest BCUT2D eigenvalue weighted by Crippen LogP contribution is -2.35. The van der Waals surface area contributed by atoms with Gasteiger partial charge in [0.05, 0.1) is 7.11 Å². The number of nitrogens with one attached hydrogen (secondary N) is 2. The molecular weight excluding hydrogens is 256 g/mol. The standard InChI is InChI=1S/C7H14N2O.C4H10.C2H4O2.C2H6/c10-6-9-5-7-2-1-3-8-4-7;1-4(2)3;1-4-2-3;1-2/h6-8H,1-5H2,(H,9,10);4H,1-3H3;2H,1H3;1-2H3. The molecule has 0 aromatic carbocycles. The first kappa shape index (κ1) is 24.0. The Morgan fingerprint density at radius 3 is 2.10 bits per heavy atom. The Kier molecular flexibility index (Phi) is 27.6. The second-order valence-corrected chi connectivity index (χ2v) is 4.80. The third kappa shape index (κ3) is 30.2. The SMILES string of the molecule is CC.CC(C)C.COC=O.O=CNCC1CCCNC1. The topological polar surface area (TPSA) is 67.4 Å². The highest BCUT2D eigenvalue weighted by atomic mass is 16.5. The largest absolute Gasteiger partial charge is 0.471 e. The summed E-state index contributed by atoms with van der Waals surface area (Å²) in [5, 5.41) is 5.99. The summed E-state index contributed by atoms with van der Waals surface area (Å²) in [6, 6.07) is 0. The van der Waals surface area contributed by atoms with E-state index in [1.54, 1.807) is 0 Å². The molecule has 122 valence electrons. The molecule has 5 heteroatoms. The van der Waals surface area contributed by atoms with Crippen molar-refractivity contribution in [3.05, 3.63) is 0 Å². The summed E-state index contributed by atoms with van der Waals surface area (Å²) >= 11 is 0. The molecule has 1 rings (SSSR count). The number of carbonyl (C=O) groups excluding carboxylic acids is 2. The average molecular weight is 290 g/mol. The van der Waals surface area contributed by atoms with Crippen LogP contribution in [0.15, 0.2) is 0 Å². The summed E-state index contributed by atoms with van der Waals surface area (Å²) in [6.45, 7) is 13.9. The summed E-state index contributed by atoms with van der Waals surface area (Å²) in [5.41, 5.74) is 0. The van der Waals surface area contributed by atoms with Gasteiger partial charge in [-0.1, -0.05) is 34.6 Å². The molecule has 1 aliphatic heterocycles. The number of rotatable bonds is 4. The third-order valence-electron chi connectivity index (χ3n) is 1.99. The highest BCUT2D eigenvalue weighted by Crippen LogP contribution is 2.07. The Bertz CT molecular complexity index is 179. The lowest BCUT2D eigenvalue weighted by atomic mass is 10.00. The van der Waals surface area contributed by atoms with Crippen molar-refractivity contribution < 1.29 is 14.3 Å². The van der Waals surface area contributed by atoms with Crippen molar-refractivity contribution in [2.45, 2.75) is 47.5 Å². The van der Waals surface area contributed by atoms with Crippen LogP contribution in [-0.2, 0) is 14.3 Å². The van der Waals surface area contributed by atoms with E-state index in [0.717, 1.165) is 32.0 Å². The maximum Gasteiger partial charge on any atom is 0.292 e. The molecular formula is C15H34N2O3. The van der Waals surface area contributed by atoms with Gasteiger partial charge in [0.2, 0.25) is 6.41 Å². The Hall–Kier alpha value is -1.10. The molecule has 1 fully saturated rings. The highest BCUT2D eigenvalue weighted by molar-refractivity contribution is 5.45. The van der Waals surface area contributed by atoms with Crippen LogP contribution in [0.3, 0.4) is 0 Å². The summed E-state index contributed by atoms with van der Waals surface area (Å²) < 4.78 is 3.86. The van der Waals surface area contributed by atoms with E-state index in [0.29, 0.717) is 12.4 Å². The molecule has 1 heterocycles. The smallest absolute Gasteiger partial charge is 0.292 e. The van der Waals surface area contributed by atoms with Crippen LogP contribution < -0.4 is 10.6 Å². The zero-order valence-corrected chi connectivity index (χ0v) is 14.1. The molecule has 0 saturated carbocycles. The molecule has 20 heavy (non-hydrogen) atoms. The zero-order valence-electron chi connectivity index (χ0n) is 14.1. The third-order valence-corrected chi connectivity index (χ3v) is 1.99. The lowest BCUT2D eigenvalue weighted by Gasteiger charge is -2.21. The molecule has 0 aromatic heterocycles. The molecule has 2 N–H and O–H groups in total. The number of amides is 1. The van der Waals surface area contributed by atoms with Gasteiger partial charge >= 0.3 is 0 Å². The predicted octanol–water partition coefficient (Wildman–Crippen LogP) is 2.21. The zero-order chi connectivity index (χ0) is 16.2. The molecule has 1 aliphatic rings.